The predicted octanol–water partition coefficient (Wildman–Crippen LogP) is 2.72. The van der Waals surface area contributed by atoms with Gasteiger partial charge in [0.15, 0.2) is 0 Å². The molecule has 1 aromatic carbocycles. The van der Waals surface area contributed by atoms with Crippen molar-refractivity contribution in [2.24, 2.45) is 5.92 Å². The molecule has 24 heavy (non-hydrogen) atoms. The van der Waals surface area contributed by atoms with Gasteiger partial charge in [0.25, 0.3) is 0 Å². The molecule has 0 aliphatic carbocycles. The standard InChI is InChI=1S/C16H16IN7/c1-11(2)9-23-15(17)14(8-19-23)16-20-22-24(21-16)10-13-5-3-12(7-18)4-6-13/h3-6,8,11H,9-10H2,1-2H3. The van der Waals surface area contributed by atoms with Gasteiger partial charge in [0.1, 0.15) is 3.70 Å². The Morgan fingerprint density at radius 3 is 2.67 bits per heavy atom. The minimum atomic E-state index is 0.509. The molecule has 3 aromatic rings. The number of aromatic nitrogens is 6. The Bertz CT molecular complexity index is 871. The van der Waals surface area contributed by atoms with E-state index in [0.29, 0.717) is 23.9 Å². The van der Waals surface area contributed by atoms with Crippen molar-refractivity contribution in [3.05, 3.63) is 45.3 Å². The molecule has 0 aliphatic heterocycles. The third kappa shape index (κ3) is 3.62. The zero-order valence-electron chi connectivity index (χ0n) is 13.4. The lowest BCUT2D eigenvalue weighted by atomic mass is 10.1. The zero-order valence-corrected chi connectivity index (χ0v) is 15.5. The molecule has 0 amide bonds. The van der Waals surface area contributed by atoms with E-state index in [1.165, 1.54) is 0 Å². The number of nitrogens with zero attached hydrogens (tertiary/aromatic N) is 7. The van der Waals surface area contributed by atoms with Crippen molar-refractivity contribution in [2.75, 3.05) is 0 Å². The fraction of sp³-hybridized carbons (Fsp3) is 0.312. The predicted molar refractivity (Wildman–Crippen MR) is 96.9 cm³/mol. The minimum absolute atomic E-state index is 0.509. The van der Waals surface area contributed by atoms with Gasteiger partial charge in [-0.3, -0.25) is 4.68 Å². The molecular weight excluding hydrogens is 417 g/mol. The molecule has 7 nitrogen and oxygen atoms in total. The van der Waals surface area contributed by atoms with Gasteiger partial charge in [-0.25, -0.2) is 0 Å². The summed E-state index contributed by atoms with van der Waals surface area (Å²) in [4.78, 5) is 1.55. The molecular formula is C16H16IN7. The maximum Gasteiger partial charge on any atom is 0.209 e. The summed E-state index contributed by atoms with van der Waals surface area (Å²) in [5.74, 6) is 1.09. The Labute approximate surface area is 153 Å². The molecule has 0 bridgehead atoms. The highest BCUT2D eigenvalue weighted by molar-refractivity contribution is 14.1. The van der Waals surface area contributed by atoms with Gasteiger partial charge in [-0.05, 0) is 51.4 Å². The zero-order chi connectivity index (χ0) is 17.1. The highest BCUT2D eigenvalue weighted by Crippen LogP contribution is 2.22. The third-order valence-corrected chi connectivity index (χ3v) is 4.55. The van der Waals surface area contributed by atoms with Crippen molar-refractivity contribution < 1.29 is 0 Å². The Hall–Kier alpha value is -2.28. The van der Waals surface area contributed by atoms with Crippen molar-refractivity contribution in [3.63, 3.8) is 0 Å². The van der Waals surface area contributed by atoms with Crippen molar-refractivity contribution in [1.82, 2.24) is 30.0 Å². The lowest BCUT2D eigenvalue weighted by Crippen LogP contribution is -2.07. The van der Waals surface area contributed by atoms with Gasteiger partial charge in [-0.15, -0.1) is 10.2 Å². The van der Waals surface area contributed by atoms with Crippen LogP contribution in [-0.4, -0.2) is 30.0 Å². The third-order valence-electron chi connectivity index (χ3n) is 3.41. The topological polar surface area (TPSA) is 85.2 Å². The van der Waals surface area contributed by atoms with Gasteiger partial charge in [0, 0.05) is 6.54 Å². The first-order valence-electron chi connectivity index (χ1n) is 7.55. The van der Waals surface area contributed by atoms with Gasteiger partial charge in [0.05, 0.1) is 29.9 Å². The van der Waals surface area contributed by atoms with Crippen LogP contribution in [0, 0.1) is 20.9 Å². The highest BCUT2D eigenvalue weighted by atomic mass is 127. The van der Waals surface area contributed by atoms with Crippen molar-refractivity contribution >= 4 is 22.6 Å². The van der Waals surface area contributed by atoms with E-state index in [2.05, 4.69) is 63.0 Å². The van der Waals surface area contributed by atoms with Crippen LogP contribution in [0.25, 0.3) is 11.4 Å². The van der Waals surface area contributed by atoms with Crippen LogP contribution < -0.4 is 0 Å². The Morgan fingerprint density at radius 1 is 1.25 bits per heavy atom. The quantitative estimate of drug-likeness (QED) is 0.578. The summed E-state index contributed by atoms with van der Waals surface area (Å²) in [6.07, 6.45) is 1.78. The van der Waals surface area contributed by atoms with Crippen LogP contribution >= 0.6 is 22.6 Å². The lowest BCUT2D eigenvalue weighted by molar-refractivity contribution is 0.475. The number of hydrogen-bond donors (Lipinski definition) is 0. The fourth-order valence-electron chi connectivity index (χ4n) is 2.26. The van der Waals surface area contributed by atoms with E-state index in [9.17, 15) is 0 Å². The molecule has 0 aliphatic rings. The summed E-state index contributed by atoms with van der Waals surface area (Å²) < 4.78 is 2.97. The van der Waals surface area contributed by atoms with Gasteiger partial charge in [-0.1, -0.05) is 26.0 Å². The van der Waals surface area contributed by atoms with E-state index in [-0.39, 0.29) is 0 Å². The normalized spacial score (nSPS) is 11.0. The molecule has 0 N–H and O–H groups in total. The SMILES string of the molecule is CC(C)Cn1ncc(-c2nnn(Cc3ccc(C#N)cc3)n2)c1I. The maximum absolute atomic E-state index is 8.83. The summed E-state index contributed by atoms with van der Waals surface area (Å²) in [6, 6.07) is 9.46. The molecule has 0 atom stereocenters. The Kier molecular flexibility index (Phi) is 4.89. The summed E-state index contributed by atoms with van der Waals surface area (Å²) in [7, 11) is 0. The second-order valence-corrected chi connectivity index (χ2v) is 6.90. The number of tetrazole rings is 1. The molecule has 3 rings (SSSR count). The molecule has 0 radical (unpaired) electrons. The van der Waals surface area contributed by atoms with Crippen LogP contribution in [0.3, 0.4) is 0 Å². The van der Waals surface area contributed by atoms with Crippen LogP contribution in [0.4, 0.5) is 0 Å². The number of benzene rings is 1. The van der Waals surface area contributed by atoms with E-state index >= 15 is 0 Å². The molecule has 0 fully saturated rings. The molecule has 0 saturated heterocycles. The number of halogens is 1. The van der Waals surface area contributed by atoms with E-state index in [1.54, 1.807) is 23.1 Å². The lowest BCUT2D eigenvalue weighted by Gasteiger charge is -2.05. The first-order valence-corrected chi connectivity index (χ1v) is 8.63. The average Bonchev–Trinajstić information content (AvgIpc) is 3.15. The van der Waals surface area contributed by atoms with Crippen LogP contribution in [0.5, 0.6) is 0 Å². The van der Waals surface area contributed by atoms with E-state index in [4.69, 9.17) is 5.26 Å². The smallest absolute Gasteiger partial charge is 0.209 e. The molecule has 0 spiro atoms. The summed E-state index contributed by atoms with van der Waals surface area (Å²) in [5, 5.41) is 25.9. The first kappa shape index (κ1) is 16.6. The Morgan fingerprint density at radius 2 is 2.00 bits per heavy atom. The number of nitriles is 1. The second kappa shape index (κ2) is 7.09. The molecule has 0 saturated carbocycles. The number of hydrogen-bond acceptors (Lipinski definition) is 5. The van der Waals surface area contributed by atoms with E-state index < -0.39 is 0 Å². The van der Waals surface area contributed by atoms with E-state index in [0.717, 1.165) is 21.4 Å². The number of rotatable bonds is 5. The Balaban J connectivity index is 1.78. The van der Waals surface area contributed by atoms with Crippen molar-refractivity contribution in [1.29, 1.82) is 5.26 Å². The molecule has 0 unspecified atom stereocenters. The van der Waals surface area contributed by atoms with Crippen molar-refractivity contribution in [2.45, 2.75) is 26.9 Å². The van der Waals surface area contributed by atoms with Crippen LogP contribution in [0.2, 0.25) is 0 Å². The van der Waals surface area contributed by atoms with Crippen LogP contribution in [0.1, 0.15) is 25.0 Å². The van der Waals surface area contributed by atoms with Gasteiger partial charge in [-0.2, -0.15) is 15.2 Å². The molecule has 2 heterocycles. The summed E-state index contributed by atoms with van der Waals surface area (Å²) in [5.41, 5.74) is 2.54. The highest BCUT2D eigenvalue weighted by Gasteiger charge is 2.15. The van der Waals surface area contributed by atoms with Gasteiger partial charge < -0.3 is 0 Å². The maximum atomic E-state index is 8.83. The minimum Gasteiger partial charge on any atom is -0.258 e. The summed E-state index contributed by atoms with van der Waals surface area (Å²) in [6.45, 7) is 5.68. The van der Waals surface area contributed by atoms with E-state index in [1.807, 2.05) is 16.8 Å². The van der Waals surface area contributed by atoms with Crippen molar-refractivity contribution in [3.8, 4) is 17.5 Å². The molecule has 8 heteroatoms. The molecule has 122 valence electrons. The van der Waals surface area contributed by atoms with Crippen LogP contribution in [-0.2, 0) is 13.1 Å². The summed E-state index contributed by atoms with van der Waals surface area (Å²) >= 11 is 2.27. The second-order valence-electron chi connectivity index (χ2n) is 5.88. The van der Waals surface area contributed by atoms with Gasteiger partial charge in [0.2, 0.25) is 5.82 Å². The van der Waals surface area contributed by atoms with Gasteiger partial charge >= 0.3 is 0 Å². The average molecular weight is 433 g/mol. The fourth-order valence-corrected chi connectivity index (χ4v) is 2.96. The van der Waals surface area contributed by atoms with Crippen LogP contribution in [0.15, 0.2) is 30.5 Å². The first-order chi connectivity index (χ1) is 11.6. The monoisotopic (exact) mass is 433 g/mol. The largest absolute Gasteiger partial charge is 0.258 e. The molecule has 2 aromatic heterocycles.